The van der Waals surface area contributed by atoms with E-state index in [4.69, 9.17) is 4.74 Å². The van der Waals surface area contributed by atoms with Crippen molar-refractivity contribution in [2.45, 2.75) is 39.8 Å². The fourth-order valence-corrected chi connectivity index (χ4v) is 2.70. The number of hydrogen-bond acceptors (Lipinski definition) is 3. The first-order valence-electron chi connectivity index (χ1n) is 9.42. The summed E-state index contributed by atoms with van der Waals surface area (Å²) in [7, 11) is 1.59. The van der Waals surface area contributed by atoms with Gasteiger partial charge in [0.15, 0.2) is 0 Å². The topological polar surface area (TPSA) is 79.5 Å². The fourth-order valence-electron chi connectivity index (χ4n) is 2.70. The lowest BCUT2D eigenvalue weighted by molar-refractivity contribution is -0.118. The Morgan fingerprint density at radius 2 is 1.64 bits per heavy atom. The highest BCUT2D eigenvalue weighted by Crippen LogP contribution is 2.16. The number of carbonyl (C=O) groups is 2. The van der Waals surface area contributed by atoms with Crippen LogP contribution in [-0.2, 0) is 11.3 Å². The van der Waals surface area contributed by atoms with Crippen molar-refractivity contribution in [3.8, 4) is 5.75 Å². The van der Waals surface area contributed by atoms with Crippen molar-refractivity contribution < 1.29 is 14.3 Å². The van der Waals surface area contributed by atoms with E-state index in [2.05, 4.69) is 16.0 Å². The summed E-state index contributed by atoms with van der Waals surface area (Å²) in [5.41, 5.74) is 2.82. The van der Waals surface area contributed by atoms with Gasteiger partial charge in [0.2, 0.25) is 5.91 Å². The summed E-state index contributed by atoms with van der Waals surface area (Å²) in [6, 6.07) is 14.0. The highest BCUT2D eigenvalue weighted by molar-refractivity contribution is 5.97. The molecule has 0 saturated carbocycles. The van der Waals surface area contributed by atoms with Crippen molar-refractivity contribution in [2.24, 2.45) is 5.92 Å². The molecule has 0 spiro atoms. The molecule has 1 atom stereocenters. The maximum atomic E-state index is 12.7. The molecular formula is C22H29N3O3. The van der Waals surface area contributed by atoms with Crippen LogP contribution in [0.25, 0.3) is 0 Å². The van der Waals surface area contributed by atoms with E-state index in [0.717, 1.165) is 5.56 Å². The highest BCUT2D eigenvalue weighted by Gasteiger charge is 2.22. The largest absolute Gasteiger partial charge is 0.497 e. The van der Waals surface area contributed by atoms with Crippen molar-refractivity contribution >= 4 is 17.6 Å². The first-order chi connectivity index (χ1) is 13.4. The minimum absolute atomic E-state index is 0.246. The molecule has 2 rings (SSSR count). The Balaban J connectivity index is 1.93. The number of urea groups is 1. The molecule has 0 aliphatic heterocycles. The predicted molar refractivity (Wildman–Crippen MR) is 111 cm³/mol. The molecule has 3 N–H and O–H groups in total. The van der Waals surface area contributed by atoms with Crippen LogP contribution in [0.4, 0.5) is 10.5 Å². The van der Waals surface area contributed by atoms with E-state index in [9.17, 15) is 9.59 Å². The Hall–Kier alpha value is -3.02. The lowest BCUT2D eigenvalue weighted by atomic mass is 10.0. The van der Waals surface area contributed by atoms with Gasteiger partial charge >= 0.3 is 6.03 Å². The number of anilines is 1. The third-order valence-electron chi connectivity index (χ3n) is 4.26. The van der Waals surface area contributed by atoms with Gasteiger partial charge in [-0.05, 0) is 49.1 Å². The summed E-state index contributed by atoms with van der Waals surface area (Å²) < 4.78 is 5.12. The quantitative estimate of drug-likeness (QED) is 0.648. The van der Waals surface area contributed by atoms with E-state index < -0.39 is 6.04 Å². The van der Waals surface area contributed by atoms with Crippen LogP contribution in [-0.4, -0.2) is 25.1 Å². The number of carbonyl (C=O) groups excluding carboxylic acids is 2. The van der Waals surface area contributed by atoms with Gasteiger partial charge in [0.05, 0.1) is 7.11 Å². The summed E-state index contributed by atoms with van der Waals surface area (Å²) >= 11 is 0. The molecule has 0 aliphatic carbocycles. The summed E-state index contributed by atoms with van der Waals surface area (Å²) in [5, 5.41) is 8.44. The Bertz CT molecular complexity index is 771. The Kier molecular flexibility index (Phi) is 7.87. The molecule has 0 bridgehead atoms. The lowest BCUT2D eigenvalue weighted by Gasteiger charge is -2.20. The summed E-state index contributed by atoms with van der Waals surface area (Å²) in [6.07, 6.45) is 0.542. The number of aryl methyl sites for hydroxylation is 1. The number of methoxy groups -OCH3 is 1. The van der Waals surface area contributed by atoms with Gasteiger partial charge in [-0.25, -0.2) is 4.79 Å². The molecule has 150 valence electrons. The zero-order valence-electron chi connectivity index (χ0n) is 16.9. The highest BCUT2D eigenvalue weighted by atomic mass is 16.5. The van der Waals surface area contributed by atoms with Crippen molar-refractivity contribution in [1.82, 2.24) is 10.6 Å². The molecule has 0 aromatic heterocycles. The minimum atomic E-state index is -0.625. The first kappa shape index (κ1) is 21.3. The summed E-state index contributed by atoms with van der Waals surface area (Å²) in [6.45, 7) is 6.45. The molecule has 3 amide bonds. The number of ether oxygens (including phenoxy) is 1. The number of nitrogens with one attached hydrogen (secondary N) is 3. The monoisotopic (exact) mass is 383 g/mol. The average molecular weight is 383 g/mol. The molecule has 2 aromatic carbocycles. The first-order valence-corrected chi connectivity index (χ1v) is 9.42. The van der Waals surface area contributed by atoms with E-state index in [1.54, 1.807) is 31.4 Å². The smallest absolute Gasteiger partial charge is 0.315 e. The van der Waals surface area contributed by atoms with Crippen LogP contribution in [0.2, 0.25) is 0 Å². The van der Waals surface area contributed by atoms with Gasteiger partial charge in [-0.3, -0.25) is 4.79 Å². The maximum Gasteiger partial charge on any atom is 0.315 e. The summed E-state index contributed by atoms with van der Waals surface area (Å²) in [4.78, 5) is 25.0. The molecule has 0 fully saturated rings. The lowest BCUT2D eigenvalue weighted by Crippen LogP contribution is -2.48. The van der Waals surface area contributed by atoms with Crippen LogP contribution in [0.3, 0.4) is 0 Å². The SMILES string of the molecule is COc1ccc(NC(=O)C(CC(C)C)NC(=O)NCc2ccc(C)cc2)cc1. The zero-order chi connectivity index (χ0) is 20.5. The van der Waals surface area contributed by atoms with Crippen molar-refractivity contribution in [3.63, 3.8) is 0 Å². The molecule has 6 nitrogen and oxygen atoms in total. The molecule has 0 aliphatic rings. The predicted octanol–water partition coefficient (Wildman–Crippen LogP) is 3.86. The molecule has 6 heteroatoms. The van der Waals surface area contributed by atoms with Gasteiger partial charge in [0.25, 0.3) is 0 Å². The van der Waals surface area contributed by atoms with E-state index >= 15 is 0 Å². The number of benzene rings is 2. The number of hydrogen-bond donors (Lipinski definition) is 3. The fraction of sp³-hybridized carbons (Fsp3) is 0.364. The third-order valence-corrected chi connectivity index (χ3v) is 4.26. The molecule has 2 aromatic rings. The van der Waals surface area contributed by atoms with Crippen molar-refractivity contribution in [1.29, 1.82) is 0 Å². The average Bonchev–Trinajstić information content (AvgIpc) is 2.67. The number of rotatable bonds is 8. The van der Waals surface area contributed by atoms with E-state index in [0.29, 0.717) is 24.4 Å². The molecule has 1 unspecified atom stereocenters. The van der Waals surface area contributed by atoms with Crippen LogP contribution in [0.1, 0.15) is 31.4 Å². The molecular weight excluding hydrogens is 354 g/mol. The Morgan fingerprint density at radius 1 is 1.00 bits per heavy atom. The van der Waals surface area contributed by atoms with E-state index in [1.807, 2.05) is 45.0 Å². The second kappa shape index (κ2) is 10.3. The van der Waals surface area contributed by atoms with Gasteiger partial charge in [-0.15, -0.1) is 0 Å². The normalized spacial score (nSPS) is 11.6. The Labute approximate surface area is 166 Å². The van der Waals surface area contributed by atoms with Gasteiger partial charge in [0, 0.05) is 12.2 Å². The standard InChI is InChI=1S/C22H29N3O3/c1-15(2)13-20(21(26)24-18-9-11-19(28-4)12-10-18)25-22(27)23-14-17-7-5-16(3)6-8-17/h5-12,15,20H,13-14H2,1-4H3,(H,24,26)(H2,23,25,27). The maximum absolute atomic E-state index is 12.7. The van der Waals surface area contributed by atoms with Crippen LogP contribution >= 0.6 is 0 Å². The third kappa shape index (κ3) is 6.95. The second-order valence-corrected chi connectivity index (χ2v) is 7.21. The van der Waals surface area contributed by atoms with Crippen LogP contribution in [0, 0.1) is 12.8 Å². The van der Waals surface area contributed by atoms with Gasteiger partial charge in [-0.1, -0.05) is 43.7 Å². The molecule has 0 saturated heterocycles. The van der Waals surface area contributed by atoms with Crippen LogP contribution < -0.4 is 20.7 Å². The van der Waals surface area contributed by atoms with Gasteiger partial charge < -0.3 is 20.7 Å². The van der Waals surface area contributed by atoms with Crippen molar-refractivity contribution in [2.75, 3.05) is 12.4 Å². The van der Waals surface area contributed by atoms with Crippen LogP contribution in [0.15, 0.2) is 48.5 Å². The van der Waals surface area contributed by atoms with Gasteiger partial charge in [0.1, 0.15) is 11.8 Å². The summed E-state index contributed by atoms with van der Waals surface area (Å²) in [5.74, 6) is 0.721. The van der Waals surface area contributed by atoms with E-state index in [-0.39, 0.29) is 17.9 Å². The molecule has 0 heterocycles. The second-order valence-electron chi connectivity index (χ2n) is 7.21. The van der Waals surface area contributed by atoms with Gasteiger partial charge in [-0.2, -0.15) is 0 Å². The minimum Gasteiger partial charge on any atom is -0.497 e. The van der Waals surface area contributed by atoms with E-state index in [1.165, 1.54) is 5.56 Å². The van der Waals surface area contributed by atoms with Crippen LogP contribution in [0.5, 0.6) is 5.75 Å². The Morgan fingerprint density at radius 3 is 2.21 bits per heavy atom. The van der Waals surface area contributed by atoms with Crippen molar-refractivity contribution in [3.05, 3.63) is 59.7 Å². The zero-order valence-corrected chi connectivity index (χ0v) is 16.9. The molecule has 28 heavy (non-hydrogen) atoms. The molecule has 0 radical (unpaired) electrons. The number of amides is 3.